The molecule has 1 aromatic rings. The number of carbonyl (C=O) groups is 1. The summed E-state index contributed by atoms with van der Waals surface area (Å²) in [6.07, 6.45) is 3.10. The number of hydrogen-bond acceptors (Lipinski definition) is 5. The fourth-order valence-electron chi connectivity index (χ4n) is 2.85. The van der Waals surface area contributed by atoms with Crippen LogP contribution in [0.1, 0.15) is 18.4 Å². The molecule has 3 N–H and O–H groups in total. The highest BCUT2D eigenvalue weighted by atomic mass is 32.2. The van der Waals surface area contributed by atoms with Gasteiger partial charge in [-0.2, -0.15) is 0 Å². The normalized spacial score (nSPS) is 19.5. The number of carbonyl (C=O) groups excluding carboxylic acids is 1. The zero-order valence-corrected chi connectivity index (χ0v) is 14.3. The maximum absolute atomic E-state index is 12.0. The molecule has 6 nitrogen and oxygen atoms in total. The Morgan fingerprint density at radius 1 is 1.35 bits per heavy atom. The van der Waals surface area contributed by atoms with Gasteiger partial charge in [-0.15, -0.1) is 0 Å². The van der Waals surface area contributed by atoms with Gasteiger partial charge in [-0.3, -0.25) is 9.69 Å². The minimum atomic E-state index is -3.16. The number of hydrogen-bond donors (Lipinski definition) is 2. The van der Waals surface area contributed by atoms with Gasteiger partial charge in [0, 0.05) is 32.4 Å². The van der Waals surface area contributed by atoms with Gasteiger partial charge >= 0.3 is 0 Å². The van der Waals surface area contributed by atoms with E-state index in [1.54, 1.807) is 12.1 Å². The molecular weight excluding hydrogens is 314 g/mol. The summed E-state index contributed by atoms with van der Waals surface area (Å²) >= 11 is 0. The predicted octanol–water partition coefficient (Wildman–Crippen LogP) is 0.377. The van der Waals surface area contributed by atoms with Crippen molar-refractivity contribution in [2.75, 3.05) is 32.4 Å². The molecule has 0 aromatic heterocycles. The van der Waals surface area contributed by atoms with Gasteiger partial charge in [-0.25, -0.2) is 8.42 Å². The van der Waals surface area contributed by atoms with Gasteiger partial charge in [-0.05, 0) is 37.1 Å². The van der Waals surface area contributed by atoms with E-state index in [2.05, 4.69) is 10.2 Å². The van der Waals surface area contributed by atoms with Crippen molar-refractivity contribution in [3.8, 4) is 0 Å². The quantitative estimate of drug-likeness (QED) is 0.781. The highest BCUT2D eigenvalue weighted by molar-refractivity contribution is 7.90. The van der Waals surface area contributed by atoms with E-state index in [1.165, 1.54) is 6.26 Å². The van der Waals surface area contributed by atoms with Crippen molar-refractivity contribution in [2.45, 2.75) is 24.3 Å². The molecule has 1 aliphatic rings. The minimum Gasteiger partial charge on any atom is -0.355 e. The fraction of sp³-hybridized carbons (Fsp3) is 0.562. The van der Waals surface area contributed by atoms with Crippen LogP contribution in [0.5, 0.6) is 0 Å². The van der Waals surface area contributed by atoms with E-state index in [4.69, 9.17) is 5.73 Å². The van der Waals surface area contributed by atoms with Gasteiger partial charge in [0.25, 0.3) is 0 Å². The van der Waals surface area contributed by atoms with Crippen molar-refractivity contribution in [3.63, 3.8) is 0 Å². The zero-order chi connectivity index (χ0) is 16.9. The molecule has 1 fully saturated rings. The average molecular weight is 339 g/mol. The Hall–Kier alpha value is -1.44. The van der Waals surface area contributed by atoms with Gasteiger partial charge in [0.15, 0.2) is 9.84 Å². The molecular formula is C16H25N3O3S. The van der Waals surface area contributed by atoms with Crippen LogP contribution in [0.3, 0.4) is 0 Å². The molecule has 0 aliphatic carbocycles. The number of likely N-dealkylation sites (tertiary alicyclic amines) is 1. The first-order valence-corrected chi connectivity index (χ1v) is 9.78. The molecule has 128 valence electrons. The van der Waals surface area contributed by atoms with Crippen molar-refractivity contribution in [1.82, 2.24) is 10.2 Å². The fourth-order valence-corrected chi connectivity index (χ4v) is 3.48. The maximum atomic E-state index is 12.0. The third-order valence-electron chi connectivity index (χ3n) is 4.08. The first-order valence-electron chi connectivity index (χ1n) is 7.89. The summed E-state index contributed by atoms with van der Waals surface area (Å²) in [4.78, 5) is 14.6. The van der Waals surface area contributed by atoms with Crippen LogP contribution in [0.4, 0.5) is 0 Å². The van der Waals surface area contributed by atoms with E-state index in [-0.39, 0.29) is 11.8 Å². The van der Waals surface area contributed by atoms with E-state index in [0.29, 0.717) is 18.0 Å². The number of nitrogens with one attached hydrogen (secondary N) is 1. The summed E-state index contributed by atoms with van der Waals surface area (Å²) < 4.78 is 22.9. The lowest BCUT2D eigenvalue weighted by molar-refractivity contribution is -0.126. The molecule has 23 heavy (non-hydrogen) atoms. The Kier molecular flexibility index (Phi) is 6.15. The molecule has 1 aromatic carbocycles. The predicted molar refractivity (Wildman–Crippen MR) is 89.6 cm³/mol. The van der Waals surface area contributed by atoms with Crippen LogP contribution in [0.2, 0.25) is 0 Å². The monoisotopic (exact) mass is 339 g/mol. The summed E-state index contributed by atoms with van der Waals surface area (Å²) in [5, 5.41) is 2.85. The molecule has 0 spiro atoms. The highest BCUT2D eigenvalue weighted by Gasteiger charge is 2.25. The Balaban J connectivity index is 1.93. The topological polar surface area (TPSA) is 92.5 Å². The van der Waals surface area contributed by atoms with Crippen molar-refractivity contribution < 1.29 is 13.2 Å². The minimum absolute atomic E-state index is 0.00518. The van der Waals surface area contributed by atoms with Crippen LogP contribution in [-0.4, -0.2) is 51.7 Å². The lowest BCUT2D eigenvalue weighted by Gasteiger charge is -2.32. The Bertz CT molecular complexity index is 628. The van der Waals surface area contributed by atoms with E-state index in [9.17, 15) is 13.2 Å². The number of amides is 1. The highest BCUT2D eigenvalue weighted by Crippen LogP contribution is 2.19. The van der Waals surface area contributed by atoms with Gasteiger partial charge in [-0.1, -0.05) is 12.1 Å². The lowest BCUT2D eigenvalue weighted by atomic mass is 9.96. The van der Waals surface area contributed by atoms with Crippen LogP contribution in [-0.2, 0) is 21.2 Å². The third-order valence-corrected chi connectivity index (χ3v) is 5.21. The molecule has 1 atom stereocenters. The van der Waals surface area contributed by atoms with Crippen LogP contribution in [0.15, 0.2) is 29.2 Å². The number of nitrogens with two attached hydrogens (primary N) is 1. The molecule has 0 bridgehead atoms. The molecule has 1 saturated heterocycles. The van der Waals surface area contributed by atoms with Crippen molar-refractivity contribution in [1.29, 1.82) is 0 Å². The Morgan fingerprint density at radius 3 is 2.65 bits per heavy atom. The molecule has 2 rings (SSSR count). The standard InChI is InChI=1S/C16H25N3O3S/c1-23(21,22)15-6-4-13(5-7-15)11-19-10-2-3-14(12-19)16(20)18-9-8-17/h4-7,14H,2-3,8-12,17H2,1H3,(H,18,20). The second-order valence-electron chi connectivity index (χ2n) is 6.07. The summed E-state index contributed by atoms with van der Waals surface area (Å²) in [5.74, 6) is 0.0816. The molecule has 1 amide bonds. The van der Waals surface area contributed by atoms with Gasteiger partial charge in [0.2, 0.25) is 5.91 Å². The summed E-state index contributed by atoms with van der Waals surface area (Å²) in [6.45, 7) is 3.38. The van der Waals surface area contributed by atoms with Crippen molar-refractivity contribution in [3.05, 3.63) is 29.8 Å². The van der Waals surface area contributed by atoms with E-state index < -0.39 is 9.84 Å². The van der Waals surface area contributed by atoms with Crippen molar-refractivity contribution >= 4 is 15.7 Å². The average Bonchev–Trinajstić information content (AvgIpc) is 2.52. The summed E-state index contributed by atoms with van der Waals surface area (Å²) in [7, 11) is -3.16. The van der Waals surface area contributed by atoms with Gasteiger partial charge < -0.3 is 11.1 Å². The molecule has 0 saturated carbocycles. The molecule has 0 radical (unpaired) electrons. The van der Waals surface area contributed by atoms with Crippen LogP contribution >= 0.6 is 0 Å². The maximum Gasteiger partial charge on any atom is 0.224 e. The number of sulfone groups is 1. The summed E-state index contributed by atoms with van der Waals surface area (Å²) in [6, 6.07) is 6.96. The van der Waals surface area contributed by atoms with Crippen LogP contribution in [0.25, 0.3) is 0 Å². The number of piperidine rings is 1. The number of benzene rings is 1. The van der Waals surface area contributed by atoms with Gasteiger partial charge in [0.05, 0.1) is 10.8 Å². The second kappa shape index (κ2) is 7.90. The van der Waals surface area contributed by atoms with E-state index in [0.717, 1.165) is 38.0 Å². The van der Waals surface area contributed by atoms with E-state index >= 15 is 0 Å². The largest absolute Gasteiger partial charge is 0.355 e. The van der Waals surface area contributed by atoms with Crippen LogP contribution < -0.4 is 11.1 Å². The van der Waals surface area contributed by atoms with Crippen LogP contribution in [0, 0.1) is 5.92 Å². The van der Waals surface area contributed by atoms with E-state index in [1.807, 2.05) is 12.1 Å². The SMILES string of the molecule is CS(=O)(=O)c1ccc(CN2CCCC(C(=O)NCCN)C2)cc1. The first-order chi connectivity index (χ1) is 10.9. The van der Waals surface area contributed by atoms with Gasteiger partial charge in [0.1, 0.15) is 0 Å². The molecule has 1 heterocycles. The Morgan fingerprint density at radius 2 is 2.04 bits per heavy atom. The number of rotatable bonds is 6. The third kappa shape index (κ3) is 5.30. The Labute approximate surface area is 138 Å². The molecule has 1 aliphatic heterocycles. The second-order valence-corrected chi connectivity index (χ2v) is 8.09. The van der Waals surface area contributed by atoms with Crippen molar-refractivity contribution in [2.24, 2.45) is 11.7 Å². The molecule has 7 heteroatoms. The molecule has 1 unspecified atom stereocenters. The first kappa shape index (κ1) is 17.9. The number of nitrogens with zero attached hydrogens (tertiary/aromatic N) is 1. The smallest absolute Gasteiger partial charge is 0.224 e. The summed E-state index contributed by atoms with van der Waals surface area (Å²) in [5.41, 5.74) is 6.47. The zero-order valence-electron chi connectivity index (χ0n) is 13.5. The lowest BCUT2D eigenvalue weighted by Crippen LogP contribution is -2.43.